The van der Waals surface area contributed by atoms with Gasteiger partial charge in [0.1, 0.15) is 33.5 Å². The Kier molecular flexibility index (Phi) is 7.38. The highest BCUT2D eigenvalue weighted by Gasteiger charge is 2.23. The summed E-state index contributed by atoms with van der Waals surface area (Å²) in [6, 6.07) is 77.3. The van der Waals surface area contributed by atoms with Gasteiger partial charge in [-0.1, -0.05) is 152 Å². The number of fused-ring (bicyclic) bond motifs is 18. The van der Waals surface area contributed by atoms with Crippen LogP contribution >= 0.6 is 0 Å². The Balaban J connectivity index is 0.772. The van der Waals surface area contributed by atoms with E-state index in [4.69, 9.17) is 17.7 Å². The van der Waals surface area contributed by atoms with Gasteiger partial charge in [0, 0.05) is 75.8 Å². The zero-order chi connectivity index (χ0) is 46.8. The molecule has 17 aromatic rings. The molecular formula is C66H36N2O4. The maximum atomic E-state index is 6.89. The molecule has 6 heteroatoms. The van der Waals surface area contributed by atoms with Crippen LogP contribution < -0.4 is 0 Å². The highest BCUT2D eigenvalue weighted by molar-refractivity contribution is 6.20. The van der Waals surface area contributed by atoms with Crippen LogP contribution in [0.25, 0.3) is 165 Å². The van der Waals surface area contributed by atoms with E-state index in [0.29, 0.717) is 0 Å². The molecule has 0 saturated carbocycles. The van der Waals surface area contributed by atoms with Gasteiger partial charge in [0.05, 0.1) is 33.4 Å². The molecule has 0 radical (unpaired) electrons. The minimum atomic E-state index is 0.819. The van der Waals surface area contributed by atoms with Crippen LogP contribution in [-0.2, 0) is 0 Å². The summed E-state index contributed by atoms with van der Waals surface area (Å²) < 4.78 is 32.2. The fourth-order valence-corrected chi connectivity index (χ4v) is 12.2. The molecule has 0 aliphatic rings. The zero-order valence-electron chi connectivity index (χ0n) is 38.3. The lowest BCUT2D eigenvalue weighted by molar-refractivity contribution is 0.663. The largest absolute Gasteiger partial charge is 0.455 e. The van der Waals surface area contributed by atoms with Gasteiger partial charge >= 0.3 is 0 Å². The molecule has 0 aliphatic heterocycles. The Morgan fingerprint density at radius 1 is 0.222 bits per heavy atom. The molecule has 0 saturated heterocycles. The van der Waals surface area contributed by atoms with Gasteiger partial charge in [-0.25, -0.2) is 0 Å². The molecule has 6 aromatic heterocycles. The Labute approximate surface area is 408 Å². The van der Waals surface area contributed by atoms with Crippen molar-refractivity contribution in [2.45, 2.75) is 0 Å². The van der Waals surface area contributed by atoms with Gasteiger partial charge in [0.25, 0.3) is 0 Å². The van der Waals surface area contributed by atoms with E-state index >= 15 is 0 Å². The molecule has 6 nitrogen and oxygen atoms in total. The van der Waals surface area contributed by atoms with Crippen LogP contribution in [0.4, 0.5) is 0 Å². The second-order valence-corrected chi connectivity index (χ2v) is 19.1. The van der Waals surface area contributed by atoms with Crippen molar-refractivity contribution < 1.29 is 17.7 Å². The van der Waals surface area contributed by atoms with Gasteiger partial charge in [-0.15, -0.1) is 0 Å². The Hall–Kier alpha value is -9.78. The summed E-state index contributed by atoms with van der Waals surface area (Å²) in [6.07, 6.45) is 0. The number of furan rings is 4. The lowest BCUT2D eigenvalue weighted by Gasteiger charge is -2.08. The van der Waals surface area contributed by atoms with E-state index in [1.165, 1.54) is 21.5 Å². The molecule has 0 unspecified atom stereocenters. The number of nitrogens with zero attached hydrogens (tertiary/aromatic N) is 2. The van der Waals surface area contributed by atoms with E-state index < -0.39 is 0 Å². The fraction of sp³-hybridized carbons (Fsp3) is 0. The predicted octanol–water partition coefficient (Wildman–Crippen LogP) is 18.8. The van der Waals surface area contributed by atoms with Gasteiger partial charge in [-0.3, -0.25) is 0 Å². The van der Waals surface area contributed by atoms with E-state index in [-0.39, 0.29) is 0 Å². The monoisotopic (exact) mass is 920 g/mol. The Morgan fingerprint density at radius 3 is 0.889 bits per heavy atom. The van der Waals surface area contributed by atoms with Crippen molar-refractivity contribution in [2.24, 2.45) is 0 Å². The van der Waals surface area contributed by atoms with Crippen molar-refractivity contribution in [3.8, 4) is 33.6 Å². The minimum absolute atomic E-state index is 0.819. The van der Waals surface area contributed by atoms with E-state index in [1.54, 1.807) is 0 Å². The molecule has 11 aromatic carbocycles. The van der Waals surface area contributed by atoms with E-state index in [1.807, 2.05) is 0 Å². The summed E-state index contributed by atoms with van der Waals surface area (Å²) in [5, 5.41) is 13.1. The SMILES string of the molecule is c1cc(-c2cccc3c2oc2cc4c(cc23)oc2c(-n3c5ccccc5c5ccccc53)cccc24)cc(-c2cccc3c2oc2cc4c(cc23)oc2c(-n3c5ccccc5c5ccccc53)cccc24)c1. The standard InChI is InChI=1S/C66H36N2O4/c1-5-26-53-41(16-1)42-17-2-6-27-54(42)67(53)57-30-12-24-47-51-35-59-49(33-61(51)71-65(47)57)45-22-10-20-39(63(45)69-59)37-14-9-15-38(32-37)40-21-11-23-46-50-34-62-52(36-60(50)70-64(40)46)48-25-13-31-58(66(48)72-62)68-55-28-7-3-18-43(55)44-19-4-8-29-56(44)68/h1-36H. The van der Waals surface area contributed by atoms with Gasteiger partial charge < -0.3 is 26.8 Å². The molecule has 0 amide bonds. The lowest BCUT2D eigenvalue weighted by Crippen LogP contribution is -1.93. The van der Waals surface area contributed by atoms with Gasteiger partial charge in [0.2, 0.25) is 0 Å². The summed E-state index contributed by atoms with van der Waals surface area (Å²) in [7, 11) is 0. The summed E-state index contributed by atoms with van der Waals surface area (Å²) in [4.78, 5) is 0. The fourth-order valence-electron chi connectivity index (χ4n) is 12.2. The molecule has 334 valence electrons. The van der Waals surface area contributed by atoms with Crippen LogP contribution in [0.3, 0.4) is 0 Å². The minimum Gasteiger partial charge on any atom is -0.455 e. The number of aromatic nitrogens is 2. The molecule has 72 heavy (non-hydrogen) atoms. The third-order valence-electron chi connectivity index (χ3n) is 15.3. The van der Waals surface area contributed by atoms with Crippen molar-refractivity contribution in [3.63, 3.8) is 0 Å². The van der Waals surface area contributed by atoms with Crippen molar-refractivity contribution in [3.05, 3.63) is 218 Å². The highest BCUT2D eigenvalue weighted by atomic mass is 16.3. The van der Waals surface area contributed by atoms with Crippen LogP contribution in [0.1, 0.15) is 0 Å². The van der Waals surface area contributed by atoms with Crippen LogP contribution in [0, 0.1) is 0 Å². The normalized spacial score (nSPS) is 12.4. The first kappa shape index (κ1) is 38.1. The topological polar surface area (TPSA) is 62.4 Å². The van der Waals surface area contributed by atoms with E-state index in [9.17, 15) is 0 Å². The maximum Gasteiger partial charge on any atom is 0.159 e. The smallest absolute Gasteiger partial charge is 0.159 e. The van der Waals surface area contributed by atoms with Crippen molar-refractivity contribution in [1.82, 2.24) is 9.13 Å². The van der Waals surface area contributed by atoms with Crippen LogP contribution in [0.15, 0.2) is 236 Å². The molecule has 0 aliphatic carbocycles. The van der Waals surface area contributed by atoms with E-state index in [0.717, 1.165) is 143 Å². The number of hydrogen-bond acceptors (Lipinski definition) is 4. The van der Waals surface area contributed by atoms with Gasteiger partial charge in [-0.05, 0) is 77.9 Å². The highest BCUT2D eigenvalue weighted by Crippen LogP contribution is 2.46. The van der Waals surface area contributed by atoms with Crippen LogP contribution in [0.2, 0.25) is 0 Å². The lowest BCUT2D eigenvalue weighted by atomic mass is 9.96. The van der Waals surface area contributed by atoms with Crippen molar-refractivity contribution >= 4 is 131 Å². The molecular weight excluding hydrogens is 885 g/mol. The first-order chi connectivity index (χ1) is 35.7. The molecule has 6 heterocycles. The van der Waals surface area contributed by atoms with E-state index in [2.05, 4.69) is 228 Å². The van der Waals surface area contributed by atoms with Crippen molar-refractivity contribution in [2.75, 3.05) is 0 Å². The molecule has 0 N–H and O–H groups in total. The predicted molar refractivity (Wildman–Crippen MR) is 295 cm³/mol. The van der Waals surface area contributed by atoms with Crippen LogP contribution in [-0.4, -0.2) is 9.13 Å². The molecule has 17 rings (SSSR count). The molecule has 0 bridgehead atoms. The first-order valence-corrected chi connectivity index (χ1v) is 24.4. The summed E-state index contributed by atoms with van der Waals surface area (Å²) in [6.45, 7) is 0. The second kappa shape index (κ2) is 13.9. The number of rotatable bonds is 4. The summed E-state index contributed by atoms with van der Waals surface area (Å²) >= 11 is 0. The first-order valence-electron chi connectivity index (χ1n) is 24.4. The van der Waals surface area contributed by atoms with Gasteiger partial charge in [0.15, 0.2) is 11.2 Å². The number of para-hydroxylation sites is 8. The maximum absolute atomic E-state index is 6.89. The Morgan fingerprint density at radius 2 is 0.514 bits per heavy atom. The third kappa shape index (κ3) is 5.06. The zero-order valence-corrected chi connectivity index (χ0v) is 38.3. The molecule has 0 atom stereocenters. The summed E-state index contributed by atoms with van der Waals surface area (Å²) in [5.41, 5.74) is 17.4. The average Bonchev–Trinajstić information content (AvgIpc) is 4.29. The average molecular weight is 921 g/mol. The molecule has 0 spiro atoms. The number of benzene rings is 11. The quantitative estimate of drug-likeness (QED) is 0.176. The Bertz CT molecular complexity index is 4760. The van der Waals surface area contributed by atoms with Crippen molar-refractivity contribution in [1.29, 1.82) is 0 Å². The summed E-state index contributed by atoms with van der Waals surface area (Å²) in [5.74, 6) is 0. The van der Waals surface area contributed by atoms with Gasteiger partial charge in [-0.2, -0.15) is 0 Å². The third-order valence-corrected chi connectivity index (χ3v) is 15.3. The molecule has 0 fully saturated rings. The second-order valence-electron chi connectivity index (χ2n) is 19.1. The number of hydrogen-bond donors (Lipinski definition) is 0. The van der Waals surface area contributed by atoms with Crippen LogP contribution in [0.5, 0.6) is 0 Å².